The van der Waals surface area contributed by atoms with Crippen molar-refractivity contribution in [3.05, 3.63) is 417 Å². The molecular formula is C119H106. The Hall–Kier alpha value is -9.36. The Morgan fingerprint density at radius 1 is 0.193 bits per heavy atom. The zero-order valence-corrected chi connectivity index (χ0v) is 71.3. The number of rotatable bonds is 9. The van der Waals surface area contributed by atoms with E-state index in [1.807, 2.05) is 0 Å². The fraction of sp³-hybridized carbons (Fsp3) is 0.395. The van der Waals surface area contributed by atoms with Crippen molar-refractivity contribution < 1.29 is 0 Å². The van der Waals surface area contributed by atoms with Gasteiger partial charge in [0.2, 0.25) is 0 Å². The molecule has 0 heterocycles. The molecular weight excluding hydrogens is 1430 g/mol. The van der Waals surface area contributed by atoms with Crippen molar-refractivity contribution in [1.29, 1.82) is 0 Å². The second-order valence-electron chi connectivity index (χ2n) is 43.2. The molecule has 0 aliphatic heterocycles. The molecule has 0 heteroatoms. The van der Waals surface area contributed by atoms with Crippen LogP contribution in [0.4, 0.5) is 0 Å². The zero-order chi connectivity index (χ0) is 78.5. The molecule has 4 spiro atoms. The van der Waals surface area contributed by atoms with Gasteiger partial charge in [-0.1, -0.05) is 274 Å². The third-order valence-electron chi connectivity index (χ3n) is 41.8. The fourth-order valence-electron chi connectivity index (χ4n) is 39.1. The minimum absolute atomic E-state index is 0.0282. The molecule has 28 unspecified atom stereocenters. The average molecular weight is 1540 g/mol. The molecule has 32 aliphatic rings. The van der Waals surface area contributed by atoms with Crippen LogP contribution in [0.25, 0.3) is 0 Å². The van der Waals surface area contributed by atoms with Crippen molar-refractivity contribution in [3.63, 3.8) is 0 Å². The Balaban J connectivity index is 0.000000193. The Morgan fingerprint density at radius 2 is 0.403 bits per heavy atom. The van der Waals surface area contributed by atoms with Crippen molar-refractivity contribution in [2.45, 2.75) is 128 Å². The summed E-state index contributed by atoms with van der Waals surface area (Å²) in [5.74, 6) is 11.8. The molecule has 0 N–H and O–H groups in total. The van der Waals surface area contributed by atoms with Gasteiger partial charge in [0.25, 0.3) is 0 Å². The van der Waals surface area contributed by atoms with Crippen LogP contribution >= 0.6 is 0 Å². The molecule has 32 rings (SSSR count). The second-order valence-corrected chi connectivity index (χ2v) is 43.2. The zero-order valence-electron chi connectivity index (χ0n) is 71.3. The molecule has 32 aliphatic carbocycles. The van der Waals surface area contributed by atoms with Gasteiger partial charge in [0.1, 0.15) is 0 Å². The van der Waals surface area contributed by atoms with Crippen LogP contribution in [0.5, 0.6) is 0 Å². The lowest BCUT2D eigenvalue weighted by Crippen LogP contribution is -2.62. The molecule has 0 radical (unpaired) electrons. The number of hydrogen-bond donors (Lipinski definition) is 0. The first-order valence-electron chi connectivity index (χ1n) is 47.7. The second kappa shape index (κ2) is 20.9. The molecule has 0 aromatic carbocycles. The Bertz CT molecular complexity index is 6750. The van der Waals surface area contributed by atoms with E-state index in [2.05, 4.69) is 278 Å². The summed E-state index contributed by atoms with van der Waals surface area (Å²) in [5.41, 5.74) is 67.8. The third kappa shape index (κ3) is 6.36. The van der Waals surface area contributed by atoms with Crippen LogP contribution in [-0.2, 0) is 0 Å². The molecule has 0 aromatic rings. The van der Waals surface area contributed by atoms with Crippen LogP contribution in [-0.4, -0.2) is 0 Å². The van der Waals surface area contributed by atoms with E-state index in [9.17, 15) is 0 Å². The van der Waals surface area contributed by atoms with Crippen molar-refractivity contribution in [1.82, 2.24) is 0 Å². The predicted octanol–water partition coefficient (Wildman–Crippen LogP) is 26.9. The van der Waals surface area contributed by atoms with Gasteiger partial charge in [0, 0.05) is 164 Å². The van der Waals surface area contributed by atoms with Gasteiger partial charge < -0.3 is 0 Å². The molecule has 582 valence electrons. The summed E-state index contributed by atoms with van der Waals surface area (Å²) in [6.45, 7) is 29.8. The van der Waals surface area contributed by atoms with Crippen LogP contribution in [0.15, 0.2) is 417 Å². The molecule has 0 nitrogen and oxygen atoms in total. The smallest absolute Gasteiger partial charge is 0.0173 e. The minimum Gasteiger partial charge on any atom is -0.0764 e. The van der Waals surface area contributed by atoms with Crippen LogP contribution in [0.3, 0.4) is 0 Å². The van der Waals surface area contributed by atoms with Crippen LogP contribution in [0, 0.1) is 164 Å². The fourth-order valence-corrected chi connectivity index (χ4v) is 39.1. The van der Waals surface area contributed by atoms with Crippen molar-refractivity contribution in [3.8, 4) is 0 Å². The predicted molar refractivity (Wildman–Crippen MR) is 481 cm³/mol. The van der Waals surface area contributed by atoms with Crippen LogP contribution in [0.2, 0.25) is 0 Å². The normalized spacial score (nSPS) is 45.6. The quantitative estimate of drug-likeness (QED) is 0.216. The van der Waals surface area contributed by atoms with E-state index in [1.165, 1.54) is 0 Å². The molecule has 0 bridgehead atoms. The van der Waals surface area contributed by atoms with Crippen LogP contribution in [0.1, 0.15) is 128 Å². The maximum absolute atomic E-state index is 2.81. The standard InChI is InChI=1S/C89H78.C30H28/c1-9-43-56-22-16-50-41(7)52-18-24-64-72(68-34-30-60-45(11-3)58-28-27-57(43)82(58)88(77(50)56,79(52)64)84(60)68)38-74-66-26-20-54-42(8)53-19-25-65-73(69-35-31-61-46(12-4)62-32-36-70(74)86(62)89(80(53)65,81(54)66)85(61)69)37-71-63-23-17-51-40(6)48-14-13-47-39(5)49-15-21-55-44(10-2)59-29-33-67(71)83(59)87(75(47)48,76(49)55)78(51)63;1-5-17-24-12-10-22-15(3)20-8-6-18-14(2)19-7-9-21-16(4)23-11-13-25(17)29(23)30(26(18)20,27(19)21)28(22)24/h13-36,48,52-53,57,67,70,75-86H,9-12,37-38H2,1-8H3;6-13,18,23,26-29H,5H2,1-4H3. The van der Waals surface area contributed by atoms with Gasteiger partial charge in [-0.05, 0) is 272 Å². The molecule has 0 saturated heterocycles. The Kier molecular flexibility index (Phi) is 11.6. The van der Waals surface area contributed by atoms with Crippen molar-refractivity contribution in [2.24, 2.45) is 164 Å². The molecule has 119 heavy (non-hydrogen) atoms. The monoisotopic (exact) mass is 1530 g/mol. The van der Waals surface area contributed by atoms with Gasteiger partial charge in [-0.25, -0.2) is 0 Å². The van der Waals surface area contributed by atoms with Crippen molar-refractivity contribution >= 4 is 0 Å². The highest BCUT2D eigenvalue weighted by Crippen LogP contribution is 2.87. The van der Waals surface area contributed by atoms with Gasteiger partial charge in [0.15, 0.2) is 0 Å². The summed E-state index contributed by atoms with van der Waals surface area (Å²) in [4.78, 5) is 0. The summed E-state index contributed by atoms with van der Waals surface area (Å²) in [5, 5.41) is 0. The highest BCUT2D eigenvalue weighted by atomic mass is 14.8. The maximum atomic E-state index is 2.81. The van der Waals surface area contributed by atoms with Gasteiger partial charge in [-0.2, -0.15) is 0 Å². The summed E-state index contributed by atoms with van der Waals surface area (Å²) < 4.78 is 0. The highest BCUT2D eigenvalue weighted by Gasteiger charge is 2.79. The number of hydrogen-bond acceptors (Lipinski definition) is 0. The van der Waals surface area contributed by atoms with E-state index in [4.69, 9.17) is 0 Å². The van der Waals surface area contributed by atoms with E-state index >= 15 is 0 Å². The molecule has 0 aromatic heterocycles. The maximum Gasteiger partial charge on any atom is 0.0173 e. The topological polar surface area (TPSA) is 0 Å². The lowest BCUT2D eigenvalue weighted by molar-refractivity contribution is -0.0206. The Labute approximate surface area is 704 Å². The SMILES string of the molecule is CCC1=C2C=CC3C(C)=C4C=CC5=C(C)C6C=CC7=C(C)C8=CC=C1C8C(C54)(C76)C23.CCC1=C2C=CC3C(CC4=C5C=CC6C(C)=C7C=CC8=C(CC9=C%10C=CC%11C(C)=C%12C=CC%13=C(CC)C%14C=CC%15=C(CC)C%16=CC=C9C%16C(C%12%13)(C%10%11)C%15%14)C9C=CC%10=C(CC)C%11=CC=C4C%11C(C78)(C56)C%109)=C4C=CC5=C(C)C6C=CC7=C(C)C8=CC=C1C8C(C54)(C76)C23. The largest absolute Gasteiger partial charge is 0.0764 e. The lowest BCUT2D eigenvalue weighted by Gasteiger charge is -2.67. The van der Waals surface area contributed by atoms with Gasteiger partial charge >= 0.3 is 0 Å². The summed E-state index contributed by atoms with van der Waals surface area (Å²) in [6, 6.07) is 0. The molecule has 0 saturated carbocycles. The first kappa shape index (κ1) is 66.4. The van der Waals surface area contributed by atoms with E-state index in [0.717, 1.165) is 44.9 Å². The third-order valence-corrected chi connectivity index (χ3v) is 41.8. The van der Waals surface area contributed by atoms with Crippen molar-refractivity contribution in [2.75, 3.05) is 0 Å². The first-order valence-corrected chi connectivity index (χ1v) is 47.7. The van der Waals surface area contributed by atoms with E-state index in [-0.39, 0.29) is 21.7 Å². The molecule has 0 fully saturated rings. The highest BCUT2D eigenvalue weighted by molar-refractivity contribution is 5.81. The Morgan fingerprint density at radius 3 is 0.697 bits per heavy atom. The number of allylic oxidation sites excluding steroid dienone is 72. The minimum atomic E-state index is 0.0282. The molecule has 0 amide bonds. The average Bonchev–Trinajstić information content (AvgIpc) is 1.50. The van der Waals surface area contributed by atoms with Gasteiger partial charge in [-0.15, -0.1) is 0 Å². The van der Waals surface area contributed by atoms with E-state index in [1.54, 1.807) is 223 Å². The lowest BCUT2D eigenvalue weighted by atomic mass is 9.35. The van der Waals surface area contributed by atoms with E-state index < -0.39 is 0 Å². The van der Waals surface area contributed by atoms with Gasteiger partial charge in [0.05, 0.1) is 0 Å². The first-order chi connectivity index (χ1) is 58.3. The summed E-state index contributed by atoms with van der Waals surface area (Å²) >= 11 is 0. The molecule has 28 atom stereocenters. The van der Waals surface area contributed by atoms with Gasteiger partial charge in [-0.3, -0.25) is 0 Å². The van der Waals surface area contributed by atoms with Crippen LogP contribution < -0.4 is 0 Å². The summed E-state index contributed by atoms with van der Waals surface area (Å²) in [7, 11) is 0. The van der Waals surface area contributed by atoms with E-state index in [0.29, 0.717) is 142 Å². The summed E-state index contributed by atoms with van der Waals surface area (Å²) in [6.07, 6.45) is 92.8.